The molecule has 1 aromatic heterocycles. The van der Waals surface area contributed by atoms with E-state index in [0.717, 1.165) is 36.3 Å². The summed E-state index contributed by atoms with van der Waals surface area (Å²) in [5, 5.41) is 11.2. The Bertz CT molecular complexity index is 531. The Morgan fingerprint density at radius 2 is 2.17 bits per heavy atom. The molecule has 0 aliphatic carbocycles. The van der Waals surface area contributed by atoms with Crippen LogP contribution in [0.25, 0.3) is 10.9 Å². The van der Waals surface area contributed by atoms with Gasteiger partial charge in [-0.1, -0.05) is 0 Å². The van der Waals surface area contributed by atoms with Crippen LogP contribution in [0, 0.1) is 5.92 Å². The van der Waals surface area contributed by atoms with Crippen molar-refractivity contribution in [1.29, 1.82) is 0 Å². The quantitative estimate of drug-likeness (QED) is 0.767. The highest BCUT2D eigenvalue weighted by Gasteiger charge is 2.13. The van der Waals surface area contributed by atoms with Gasteiger partial charge in [-0.3, -0.25) is 5.10 Å². The molecular formula is C13H18N4O. The van der Waals surface area contributed by atoms with Crippen LogP contribution in [0.15, 0.2) is 18.2 Å². The maximum atomic E-state index is 5.85. The Labute approximate surface area is 106 Å². The van der Waals surface area contributed by atoms with Crippen molar-refractivity contribution in [2.24, 2.45) is 5.92 Å². The molecule has 0 unspecified atom stereocenters. The number of anilines is 1. The summed E-state index contributed by atoms with van der Waals surface area (Å²) in [4.78, 5) is 0. The first kappa shape index (κ1) is 11.3. The fourth-order valence-corrected chi connectivity index (χ4v) is 2.37. The molecule has 0 bridgehead atoms. The summed E-state index contributed by atoms with van der Waals surface area (Å²) >= 11 is 0. The van der Waals surface area contributed by atoms with E-state index in [1.54, 1.807) is 0 Å². The van der Waals surface area contributed by atoms with Crippen LogP contribution >= 0.6 is 0 Å². The van der Waals surface area contributed by atoms with E-state index in [9.17, 15) is 0 Å². The first-order chi connectivity index (χ1) is 8.83. The number of hydrogen-bond donors (Lipinski definition) is 3. The Hall–Kier alpha value is -1.75. The molecule has 1 aliphatic heterocycles. The van der Waals surface area contributed by atoms with Gasteiger partial charge >= 0.3 is 0 Å². The van der Waals surface area contributed by atoms with Gasteiger partial charge in [0.25, 0.3) is 0 Å². The molecule has 0 amide bonds. The van der Waals surface area contributed by atoms with Crippen molar-refractivity contribution in [2.75, 3.05) is 25.4 Å². The number of piperidine rings is 1. The van der Waals surface area contributed by atoms with Gasteiger partial charge in [-0.25, -0.2) is 0 Å². The minimum absolute atomic E-state index is 0.537. The zero-order valence-electron chi connectivity index (χ0n) is 10.3. The predicted molar refractivity (Wildman–Crippen MR) is 71.6 cm³/mol. The summed E-state index contributed by atoms with van der Waals surface area (Å²) in [6, 6.07) is 5.86. The minimum Gasteiger partial charge on any atom is -0.493 e. The zero-order valence-corrected chi connectivity index (χ0v) is 10.3. The van der Waals surface area contributed by atoms with E-state index in [2.05, 4.69) is 15.5 Å². The maximum absolute atomic E-state index is 5.85. The topological polar surface area (TPSA) is 76.0 Å². The lowest BCUT2D eigenvalue weighted by molar-refractivity contribution is 0.215. The van der Waals surface area contributed by atoms with Crippen LogP contribution in [0.3, 0.4) is 0 Å². The number of nitrogens with zero attached hydrogens (tertiary/aromatic N) is 1. The van der Waals surface area contributed by atoms with E-state index in [4.69, 9.17) is 10.5 Å². The van der Waals surface area contributed by atoms with Gasteiger partial charge in [-0.15, -0.1) is 0 Å². The summed E-state index contributed by atoms with van der Waals surface area (Å²) in [5.41, 5.74) is 6.65. The van der Waals surface area contributed by atoms with E-state index < -0.39 is 0 Å². The van der Waals surface area contributed by atoms with Crippen molar-refractivity contribution < 1.29 is 4.74 Å². The number of aromatic amines is 1. The van der Waals surface area contributed by atoms with Crippen LogP contribution < -0.4 is 15.8 Å². The van der Waals surface area contributed by atoms with Crippen molar-refractivity contribution in [2.45, 2.75) is 12.8 Å². The third-order valence-electron chi connectivity index (χ3n) is 3.51. The molecule has 4 N–H and O–H groups in total. The van der Waals surface area contributed by atoms with Crippen molar-refractivity contribution in [3.8, 4) is 5.75 Å². The molecule has 1 aliphatic rings. The summed E-state index contributed by atoms with van der Waals surface area (Å²) in [7, 11) is 0. The van der Waals surface area contributed by atoms with Crippen LogP contribution in [-0.4, -0.2) is 29.9 Å². The van der Waals surface area contributed by atoms with Crippen molar-refractivity contribution in [3.05, 3.63) is 18.2 Å². The van der Waals surface area contributed by atoms with E-state index >= 15 is 0 Å². The van der Waals surface area contributed by atoms with Crippen LogP contribution in [-0.2, 0) is 0 Å². The van der Waals surface area contributed by atoms with Gasteiger partial charge in [0, 0.05) is 11.5 Å². The smallest absolute Gasteiger partial charge is 0.153 e. The largest absolute Gasteiger partial charge is 0.493 e. The fraction of sp³-hybridized carbons (Fsp3) is 0.462. The number of benzene rings is 1. The van der Waals surface area contributed by atoms with Gasteiger partial charge in [-0.2, -0.15) is 5.10 Å². The maximum Gasteiger partial charge on any atom is 0.153 e. The number of fused-ring (bicyclic) bond motifs is 1. The molecule has 1 saturated heterocycles. The summed E-state index contributed by atoms with van der Waals surface area (Å²) in [5.74, 6) is 2.08. The fourth-order valence-electron chi connectivity index (χ4n) is 2.37. The number of aromatic nitrogens is 2. The number of ether oxygens (including phenoxy) is 1. The predicted octanol–water partition coefficient (Wildman–Crippen LogP) is 1.52. The highest BCUT2D eigenvalue weighted by molar-refractivity contribution is 5.89. The number of nitrogens with one attached hydrogen (secondary N) is 2. The molecule has 2 aromatic rings. The molecule has 96 valence electrons. The lowest BCUT2D eigenvalue weighted by atomic mass is 9.99. The van der Waals surface area contributed by atoms with Gasteiger partial charge in [0.15, 0.2) is 5.82 Å². The second kappa shape index (κ2) is 4.86. The van der Waals surface area contributed by atoms with E-state index in [1.807, 2.05) is 18.2 Å². The second-order valence-corrected chi connectivity index (χ2v) is 4.82. The first-order valence-electron chi connectivity index (χ1n) is 6.40. The zero-order chi connectivity index (χ0) is 12.4. The second-order valence-electron chi connectivity index (χ2n) is 4.82. The van der Waals surface area contributed by atoms with E-state index in [0.29, 0.717) is 11.7 Å². The molecule has 18 heavy (non-hydrogen) atoms. The molecule has 0 spiro atoms. The Morgan fingerprint density at radius 1 is 1.33 bits per heavy atom. The summed E-state index contributed by atoms with van der Waals surface area (Å²) < 4.78 is 5.85. The lowest BCUT2D eigenvalue weighted by Crippen LogP contribution is -2.30. The van der Waals surface area contributed by atoms with Gasteiger partial charge in [-0.05, 0) is 44.0 Å². The van der Waals surface area contributed by atoms with Gasteiger partial charge in [0.05, 0.1) is 12.1 Å². The minimum atomic E-state index is 0.537. The molecule has 0 saturated carbocycles. The Kier molecular flexibility index (Phi) is 3.06. The number of rotatable bonds is 3. The van der Waals surface area contributed by atoms with Crippen molar-refractivity contribution >= 4 is 16.7 Å². The Morgan fingerprint density at radius 3 is 3.00 bits per heavy atom. The highest BCUT2D eigenvalue weighted by atomic mass is 16.5. The van der Waals surface area contributed by atoms with Gasteiger partial charge in [0.1, 0.15) is 5.75 Å². The number of hydrogen-bond acceptors (Lipinski definition) is 4. The molecule has 0 radical (unpaired) electrons. The molecule has 0 atom stereocenters. The summed E-state index contributed by atoms with van der Waals surface area (Å²) in [6.45, 7) is 2.99. The monoisotopic (exact) mass is 246 g/mol. The average molecular weight is 246 g/mol. The van der Waals surface area contributed by atoms with Crippen molar-refractivity contribution in [1.82, 2.24) is 15.5 Å². The molecular weight excluding hydrogens is 228 g/mol. The standard InChI is InChI=1S/C13H18N4O/c14-13-11-2-1-10(7-12(11)16-17-13)18-8-9-3-5-15-6-4-9/h1-2,7,9,15H,3-6,8H2,(H3,14,16,17). The van der Waals surface area contributed by atoms with Gasteiger partial charge in [0.2, 0.25) is 0 Å². The lowest BCUT2D eigenvalue weighted by Gasteiger charge is -2.22. The highest BCUT2D eigenvalue weighted by Crippen LogP contribution is 2.23. The number of H-pyrrole nitrogens is 1. The molecule has 2 heterocycles. The molecule has 5 heteroatoms. The normalized spacial score (nSPS) is 17.1. The van der Waals surface area contributed by atoms with Crippen molar-refractivity contribution in [3.63, 3.8) is 0 Å². The summed E-state index contributed by atoms with van der Waals surface area (Å²) in [6.07, 6.45) is 2.39. The molecule has 1 fully saturated rings. The van der Waals surface area contributed by atoms with Crippen LogP contribution in [0.4, 0.5) is 5.82 Å². The molecule has 3 rings (SSSR count). The molecule has 1 aromatic carbocycles. The third kappa shape index (κ3) is 2.26. The number of nitrogens with two attached hydrogens (primary N) is 1. The van der Waals surface area contributed by atoms with Crippen LogP contribution in [0.2, 0.25) is 0 Å². The van der Waals surface area contributed by atoms with E-state index in [-0.39, 0.29) is 0 Å². The SMILES string of the molecule is Nc1n[nH]c2cc(OCC3CCNCC3)ccc12. The molecule has 5 nitrogen and oxygen atoms in total. The van der Waals surface area contributed by atoms with Gasteiger partial charge < -0.3 is 15.8 Å². The van der Waals surface area contributed by atoms with Crippen LogP contribution in [0.5, 0.6) is 5.75 Å². The van der Waals surface area contributed by atoms with Crippen LogP contribution in [0.1, 0.15) is 12.8 Å². The Balaban J connectivity index is 1.66. The van der Waals surface area contributed by atoms with E-state index in [1.165, 1.54) is 12.8 Å². The average Bonchev–Trinajstić information content (AvgIpc) is 2.79. The number of nitrogen functional groups attached to an aromatic ring is 1. The first-order valence-corrected chi connectivity index (χ1v) is 6.40. The third-order valence-corrected chi connectivity index (χ3v) is 3.51.